The number of nitrogens with two attached hydrogens (primary N) is 1. The van der Waals surface area contributed by atoms with Crippen molar-refractivity contribution in [2.24, 2.45) is 0 Å². The van der Waals surface area contributed by atoms with Crippen LogP contribution in [0.15, 0.2) is 35.8 Å². The van der Waals surface area contributed by atoms with Gasteiger partial charge in [0, 0.05) is 31.9 Å². The van der Waals surface area contributed by atoms with Crippen LogP contribution in [-0.2, 0) is 9.59 Å². The maximum atomic E-state index is 17.4. The van der Waals surface area contributed by atoms with Crippen molar-refractivity contribution in [3.8, 4) is 16.8 Å². The van der Waals surface area contributed by atoms with Crippen LogP contribution >= 0.6 is 23.2 Å². The molecule has 0 aliphatic carbocycles. The summed E-state index contributed by atoms with van der Waals surface area (Å²) in [6.45, 7) is 8.78. The van der Waals surface area contributed by atoms with Gasteiger partial charge < -0.3 is 20.4 Å². The van der Waals surface area contributed by atoms with Crippen LogP contribution in [0.2, 0.25) is 10.0 Å². The van der Waals surface area contributed by atoms with Gasteiger partial charge in [0.05, 0.1) is 50.3 Å². The standard InChI is InChI=1S/C32H28Cl2F3N7O3/c1-6-18(45)42-9-10-43-17(12-42)31(46)41(5)28-21-29(24(37)19(23(28)36)20-22(35)15(33)11-16(34)25(20)38)44(32(47)40-30(21)43)27-14(4)7-8-39-26(27)13(2)3/h6-8,11,13,17H,1,9-10,12,38H2,2-5H3. The summed E-state index contributed by atoms with van der Waals surface area (Å²) in [7, 11) is 1.26. The molecule has 0 spiro atoms. The van der Waals surface area contributed by atoms with Crippen LogP contribution < -0.4 is 21.2 Å². The van der Waals surface area contributed by atoms with Crippen LogP contribution in [0.4, 0.5) is 30.4 Å². The molecule has 0 bridgehead atoms. The van der Waals surface area contributed by atoms with Crippen molar-refractivity contribution in [3.05, 3.63) is 80.2 Å². The molecule has 10 nitrogen and oxygen atoms in total. The van der Waals surface area contributed by atoms with E-state index in [1.54, 1.807) is 13.0 Å². The number of nitrogens with zero attached hydrogens (tertiary/aromatic N) is 6. The number of benzene rings is 2. The summed E-state index contributed by atoms with van der Waals surface area (Å²) in [6, 6.07) is 1.47. The number of rotatable bonds is 4. The fraction of sp³-hybridized carbons (Fsp3) is 0.281. The normalized spacial score (nSPS) is 16.2. The number of carbonyl (C=O) groups is 2. The molecule has 4 heterocycles. The largest absolute Gasteiger partial charge is 0.397 e. The quantitative estimate of drug-likeness (QED) is 0.175. The second-order valence-corrected chi connectivity index (χ2v) is 12.5. The number of pyridine rings is 1. The van der Waals surface area contributed by atoms with Crippen molar-refractivity contribution in [2.45, 2.75) is 32.7 Å². The average Bonchev–Trinajstić information content (AvgIpc) is 3.12. The van der Waals surface area contributed by atoms with Gasteiger partial charge in [0.15, 0.2) is 17.5 Å². The van der Waals surface area contributed by atoms with E-state index in [1.165, 1.54) is 23.0 Å². The van der Waals surface area contributed by atoms with Crippen molar-refractivity contribution >= 4 is 63.1 Å². The van der Waals surface area contributed by atoms with Crippen LogP contribution in [0, 0.1) is 24.4 Å². The number of amides is 2. The van der Waals surface area contributed by atoms with Crippen molar-refractivity contribution in [1.29, 1.82) is 0 Å². The van der Waals surface area contributed by atoms with Crippen molar-refractivity contribution in [1.82, 2.24) is 19.4 Å². The summed E-state index contributed by atoms with van der Waals surface area (Å²) in [4.78, 5) is 53.4. The molecule has 6 rings (SSSR count). The van der Waals surface area contributed by atoms with E-state index >= 15 is 13.2 Å². The van der Waals surface area contributed by atoms with Crippen LogP contribution in [0.25, 0.3) is 27.7 Å². The highest BCUT2D eigenvalue weighted by Crippen LogP contribution is 2.49. The van der Waals surface area contributed by atoms with Gasteiger partial charge in [-0.1, -0.05) is 43.6 Å². The summed E-state index contributed by atoms with van der Waals surface area (Å²) in [5.74, 6) is -5.59. The highest BCUT2D eigenvalue weighted by atomic mass is 35.5. The molecule has 15 heteroatoms. The molecule has 1 unspecified atom stereocenters. The van der Waals surface area contributed by atoms with Crippen molar-refractivity contribution in [3.63, 3.8) is 0 Å². The molecule has 1 fully saturated rings. The van der Waals surface area contributed by atoms with Gasteiger partial charge in [-0.3, -0.25) is 19.1 Å². The molecule has 1 atom stereocenters. The van der Waals surface area contributed by atoms with E-state index in [9.17, 15) is 14.4 Å². The topological polar surface area (TPSA) is 118 Å². The summed E-state index contributed by atoms with van der Waals surface area (Å²) < 4.78 is 51.2. The lowest BCUT2D eigenvalue weighted by atomic mass is 9.97. The first-order valence-electron chi connectivity index (χ1n) is 14.5. The molecule has 2 aliphatic heterocycles. The molecule has 2 N–H and O–H groups in total. The van der Waals surface area contributed by atoms with E-state index in [4.69, 9.17) is 28.9 Å². The molecule has 47 heavy (non-hydrogen) atoms. The molecule has 2 aromatic carbocycles. The summed E-state index contributed by atoms with van der Waals surface area (Å²) in [6.07, 6.45) is 2.64. The minimum Gasteiger partial charge on any atom is -0.397 e. The van der Waals surface area contributed by atoms with Gasteiger partial charge in [0.1, 0.15) is 17.4 Å². The molecule has 4 aromatic rings. The first-order chi connectivity index (χ1) is 22.2. The van der Waals surface area contributed by atoms with Gasteiger partial charge in [-0.15, -0.1) is 0 Å². The number of piperazine rings is 1. The highest BCUT2D eigenvalue weighted by molar-refractivity contribution is 6.37. The van der Waals surface area contributed by atoms with Gasteiger partial charge in [0.25, 0.3) is 5.91 Å². The van der Waals surface area contributed by atoms with E-state index in [-0.39, 0.29) is 47.5 Å². The third kappa shape index (κ3) is 4.74. The smallest absolute Gasteiger partial charge is 0.354 e. The van der Waals surface area contributed by atoms with E-state index in [1.807, 2.05) is 13.8 Å². The SMILES string of the molecule is C=CC(=O)N1CCN2c3nc(=O)n(-c4c(C)ccnc4C(C)C)c4c(F)c(-c5c(N)c(Cl)cc(Cl)c5F)c(F)c(c34)N(C)C(=O)C2C1. The summed E-state index contributed by atoms with van der Waals surface area (Å²) in [5.41, 5.74) is 2.98. The lowest BCUT2D eigenvalue weighted by Gasteiger charge is -2.40. The Balaban J connectivity index is 1.84. The first-order valence-corrected chi connectivity index (χ1v) is 15.3. The van der Waals surface area contributed by atoms with E-state index in [2.05, 4.69) is 16.5 Å². The number of anilines is 3. The molecular weight excluding hydrogens is 658 g/mol. The van der Waals surface area contributed by atoms with Crippen LogP contribution in [0.3, 0.4) is 0 Å². The molecule has 0 saturated carbocycles. The van der Waals surface area contributed by atoms with Crippen LogP contribution in [-0.4, -0.2) is 64.0 Å². The van der Waals surface area contributed by atoms with E-state index in [0.717, 1.165) is 21.6 Å². The minimum atomic E-state index is -1.37. The second-order valence-electron chi connectivity index (χ2n) is 11.7. The number of aromatic nitrogens is 3. The van der Waals surface area contributed by atoms with Gasteiger partial charge in [-0.05, 0) is 36.6 Å². The van der Waals surface area contributed by atoms with Gasteiger partial charge in [0.2, 0.25) is 5.91 Å². The predicted molar refractivity (Wildman–Crippen MR) is 175 cm³/mol. The molecule has 2 aliphatic rings. The number of halogens is 5. The number of fused-ring (bicyclic) bond motifs is 2. The molecule has 2 aromatic heterocycles. The monoisotopic (exact) mass is 685 g/mol. The van der Waals surface area contributed by atoms with Crippen molar-refractivity contribution in [2.75, 3.05) is 42.2 Å². The fourth-order valence-electron chi connectivity index (χ4n) is 6.38. The van der Waals surface area contributed by atoms with Crippen LogP contribution in [0.1, 0.15) is 31.0 Å². The lowest BCUT2D eigenvalue weighted by Crippen LogP contribution is -2.60. The van der Waals surface area contributed by atoms with Gasteiger partial charge in [-0.2, -0.15) is 4.98 Å². The third-order valence-electron chi connectivity index (χ3n) is 8.64. The summed E-state index contributed by atoms with van der Waals surface area (Å²) >= 11 is 12.3. The zero-order valence-electron chi connectivity index (χ0n) is 25.7. The van der Waals surface area contributed by atoms with Crippen LogP contribution in [0.5, 0.6) is 0 Å². The minimum absolute atomic E-state index is 0.00550. The zero-order chi connectivity index (χ0) is 34.2. The number of aryl methyl sites for hydroxylation is 1. The van der Waals surface area contributed by atoms with Gasteiger partial charge in [-0.25, -0.2) is 18.0 Å². The summed E-state index contributed by atoms with van der Waals surface area (Å²) in [5, 5.41) is -1.06. The molecule has 244 valence electrons. The Bertz CT molecular complexity index is 2090. The molecular formula is C32H28Cl2F3N7O3. The number of hydrogen-bond acceptors (Lipinski definition) is 7. The Labute approximate surface area is 276 Å². The molecule has 0 radical (unpaired) electrons. The fourth-order valence-corrected chi connectivity index (χ4v) is 6.84. The van der Waals surface area contributed by atoms with Gasteiger partial charge >= 0.3 is 5.69 Å². The number of nitrogen functional groups attached to an aromatic ring is 1. The number of hydrogen-bond donors (Lipinski definition) is 1. The molecule has 1 saturated heterocycles. The highest BCUT2D eigenvalue weighted by Gasteiger charge is 2.44. The predicted octanol–water partition coefficient (Wildman–Crippen LogP) is 5.37. The Kier molecular flexibility index (Phi) is 7.95. The number of carbonyl (C=O) groups excluding carboxylic acids is 2. The third-order valence-corrected chi connectivity index (χ3v) is 9.23. The second kappa shape index (κ2) is 11.6. The van der Waals surface area contributed by atoms with Crippen molar-refractivity contribution < 1.29 is 22.8 Å². The zero-order valence-corrected chi connectivity index (χ0v) is 27.2. The van der Waals surface area contributed by atoms with E-state index < -0.39 is 74.0 Å². The number of likely N-dealkylation sites (N-methyl/N-ethyl adjacent to an activating group) is 1. The Morgan fingerprint density at radius 3 is 2.45 bits per heavy atom. The average molecular weight is 687 g/mol. The lowest BCUT2D eigenvalue weighted by molar-refractivity contribution is -0.128. The Morgan fingerprint density at radius 2 is 1.79 bits per heavy atom. The Hall–Kier alpha value is -4.62. The molecule has 2 amide bonds. The maximum Gasteiger partial charge on any atom is 0.354 e. The maximum absolute atomic E-state index is 17.4. The first kappa shape index (κ1) is 32.3. The Morgan fingerprint density at radius 1 is 1.09 bits per heavy atom. The van der Waals surface area contributed by atoms with E-state index in [0.29, 0.717) is 11.3 Å².